The average Bonchev–Trinajstić information content (AvgIpc) is 2.60. The number of carboxylic acids is 1. The Morgan fingerprint density at radius 1 is 0.917 bits per heavy atom. The third kappa shape index (κ3) is 2.14. The molecule has 2 heterocycles. The van der Waals surface area contributed by atoms with Crippen LogP contribution in [0.1, 0.15) is 10.4 Å². The molecule has 0 unspecified atom stereocenters. The van der Waals surface area contributed by atoms with Crippen molar-refractivity contribution in [1.82, 2.24) is 9.55 Å². The largest absolute Gasteiger partial charge is 0.477 e. The maximum Gasteiger partial charge on any atom is 0.341 e. The highest BCUT2D eigenvalue weighted by molar-refractivity contribution is 5.93. The predicted molar refractivity (Wildman–Crippen MR) is 91.8 cm³/mol. The molecule has 0 amide bonds. The van der Waals surface area contributed by atoms with Crippen LogP contribution in [0.15, 0.2) is 71.5 Å². The number of hydrogen-bond donors (Lipinski definition) is 1. The molecule has 0 aliphatic carbocycles. The zero-order valence-corrected chi connectivity index (χ0v) is 12.5. The molecule has 0 saturated carbocycles. The number of hydrogen-bond acceptors (Lipinski definition) is 3. The molecule has 0 saturated heterocycles. The van der Waals surface area contributed by atoms with Crippen molar-refractivity contribution >= 4 is 27.8 Å². The number of aromatic carboxylic acids is 1. The van der Waals surface area contributed by atoms with Gasteiger partial charge in [0.25, 0.3) is 5.56 Å². The summed E-state index contributed by atoms with van der Waals surface area (Å²) in [4.78, 5) is 28.7. The van der Waals surface area contributed by atoms with E-state index in [0.717, 1.165) is 10.9 Å². The van der Waals surface area contributed by atoms with Crippen LogP contribution in [-0.4, -0.2) is 20.6 Å². The fourth-order valence-corrected chi connectivity index (χ4v) is 2.82. The van der Waals surface area contributed by atoms with Gasteiger partial charge in [-0.25, -0.2) is 9.78 Å². The van der Waals surface area contributed by atoms with Crippen LogP contribution in [0.3, 0.4) is 0 Å². The van der Waals surface area contributed by atoms with Gasteiger partial charge in [0.05, 0.1) is 11.0 Å². The van der Waals surface area contributed by atoms with Gasteiger partial charge in [0.15, 0.2) is 0 Å². The van der Waals surface area contributed by atoms with E-state index in [1.54, 1.807) is 30.3 Å². The fraction of sp³-hybridized carbons (Fsp3) is 0. The number of para-hydroxylation sites is 2. The van der Waals surface area contributed by atoms with Crippen molar-refractivity contribution in [2.75, 3.05) is 0 Å². The van der Waals surface area contributed by atoms with Gasteiger partial charge >= 0.3 is 5.97 Å². The highest BCUT2D eigenvalue weighted by atomic mass is 16.4. The van der Waals surface area contributed by atoms with Crippen LogP contribution in [0.5, 0.6) is 0 Å². The van der Waals surface area contributed by atoms with Gasteiger partial charge < -0.3 is 5.11 Å². The highest BCUT2D eigenvalue weighted by Crippen LogP contribution is 2.19. The molecule has 0 spiro atoms. The van der Waals surface area contributed by atoms with Gasteiger partial charge in [-0.1, -0.05) is 36.4 Å². The van der Waals surface area contributed by atoms with Gasteiger partial charge in [-0.2, -0.15) is 0 Å². The minimum absolute atomic E-state index is 0.274. The van der Waals surface area contributed by atoms with Crippen molar-refractivity contribution in [2.45, 2.75) is 0 Å². The van der Waals surface area contributed by atoms with E-state index >= 15 is 0 Å². The van der Waals surface area contributed by atoms with E-state index in [1.165, 1.54) is 10.6 Å². The lowest BCUT2D eigenvalue weighted by Gasteiger charge is -2.11. The molecule has 5 nitrogen and oxygen atoms in total. The second-order valence-corrected chi connectivity index (χ2v) is 5.42. The van der Waals surface area contributed by atoms with E-state index in [4.69, 9.17) is 0 Å². The molecular weight excluding hydrogens is 304 g/mol. The number of benzene rings is 2. The van der Waals surface area contributed by atoms with Gasteiger partial charge in [-0.05, 0) is 35.7 Å². The molecule has 0 aliphatic heterocycles. The molecule has 4 rings (SSSR count). The van der Waals surface area contributed by atoms with E-state index < -0.39 is 11.5 Å². The standard InChI is InChI=1S/C19H12N2O3/c22-18-14(19(23)24)11-13-6-2-4-8-16(13)21(18)17-10-9-12-5-1-3-7-15(12)20-17/h1-11H,(H,23,24). The van der Waals surface area contributed by atoms with Crippen LogP contribution < -0.4 is 5.56 Å². The Labute approximate surface area is 136 Å². The number of pyridine rings is 2. The summed E-state index contributed by atoms with van der Waals surface area (Å²) in [6.45, 7) is 0. The number of rotatable bonds is 2. The Morgan fingerprint density at radius 3 is 2.42 bits per heavy atom. The summed E-state index contributed by atoms with van der Waals surface area (Å²) in [5.41, 5.74) is 0.495. The van der Waals surface area contributed by atoms with Crippen LogP contribution in [0, 0.1) is 0 Å². The molecule has 0 radical (unpaired) electrons. The topological polar surface area (TPSA) is 72.2 Å². The summed E-state index contributed by atoms with van der Waals surface area (Å²) in [7, 11) is 0. The van der Waals surface area contributed by atoms with Crippen LogP contribution >= 0.6 is 0 Å². The SMILES string of the molecule is O=C(O)c1cc2ccccc2n(-c2ccc3ccccc3n2)c1=O. The monoisotopic (exact) mass is 316 g/mol. The van der Waals surface area contributed by atoms with E-state index in [0.29, 0.717) is 16.7 Å². The summed E-state index contributed by atoms with van der Waals surface area (Å²) in [6.07, 6.45) is 0. The Bertz CT molecular complexity index is 1160. The first-order chi connectivity index (χ1) is 11.6. The van der Waals surface area contributed by atoms with Crippen molar-refractivity contribution in [3.8, 4) is 5.82 Å². The van der Waals surface area contributed by atoms with Crippen LogP contribution in [0.4, 0.5) is 0 Å². The maximum absolute atomic E-state index is 12.7. The van der Waals surface area contributed by atoms with Gasteiger partial charge in [0.1, 0.15) is 11.4 Å². The third-order valence-corrected chi connectivity index (χ3v) is 3.95. The summed E-state index contributed by atoms with van der Waals surface area (Å²) in [6, 6.07) is 19.7. The second-order valence-electron chi connectivity index (χ2n) is 5.42. The lowest BCUT2D eigenvalue weighted by Crippen LogP contribution is -2.26. The van der Waals surface area contributed by atoms with Crippen LogP contribution in [0.2, 0.25) is 0 Å². The molecule has 0 aliphatic rings. The minimum Gasteiger partial charge on any atom is -0.477 e. The maximum atomic E-state index is 12.7. The zero-order valence-electron chi connectivity index (χ0n) is 12.5. The van der Waals surface area contributed by atoms with Gasteiger partial charge in [-0.3, -0.25) is 9.36 Å². The number of nitrogens with zero attached hydrogens (tertiary/aromatic N) is 2. The van der Waals surface area contributed by atoms with Gasteiger partial charge in [-0.15, -0.1) is 0 Å². The molecule has 0 fully saturated rings. The predicted octanol–water partition coefficient (Wildman–Crippen LogP) is 3.24. The lowest BCUT2D eigenvalue weighted by molar-refractivity contribution is 0.0695. The first-order valence-electron chi connectivity index (χ1n) is 7.39. The average molecular weight is 316 g/mol. The van der Waals surface area contributed by atoms with E-state index in [9.17, 15) is 14.7 Å². The van der Waals surface area contributed by atoms with Crippen molar-refractivity contribution in [3.05, 3.63) is 82.6 Å². The number of aromatic nitrogens is 2. The molecule has 2 aromatic heterocycles. The smallest absolute Gasteiger partial charge is 0.341 e. The number of fused-ring (bicyclic) bond motifs is 2. The Balaban J connectivity index is 2.12. The molecule has 2 aromatic carbocycles. The summed E-state index contributed by atoms with van der Waals surface area (Å²) in [5, 5.41) is 11.0. The summed E-state index contributed by atoms with van der Waals surface area (Å²) in [5.74, 6) is -0.849. The molecular formula is C19H12N2O3. The van der Waals surface area contributed by atoms with E-state index in [1.807, 2.05) is 30.3 Å². The lowest BCUT2D eigenvalue weighted by atomic mass is 10.1. The van der Waals surface area contributed by atoms with Crippen molar-refractivity contribution < 1.29 is 9.90 Å². The minimum atomic E-state index is -1.25. The quantitative estimate of drug-likeness (QED) is 0.616. The van der Waals surface area contributed by atoms with Crippen molar-refractivity contribution in [2.24, 2.45) is 0 Å². The Kier molecular flexibility index (Phi) is 3.13. The normalized spacial score (nSPS) is 11.0. The molecule has 0 atom stereocenters. The molecule has 116 valence electrons. The van der Waals surface area contributed by atoms with Crippen LogP contribution in [-0.2, 0) is 0 Å². The van der Waals surface area contributed by atoms with Gasteiger partial charge in [0.2, 0.25) is 0 Å². The van der Waals surface area contributed by atoms with Crippen molar-refractivity contribution in [1.29, 1.82) is 0 Å². The molecule has 24 heavy (non-hydrogen) atoms. The van der Waals surface area contributed by atoms with Crippen LogP contribution in [0.25, 0.3) is 27.6 Å². The first kappa shape index (κ1) is 14.1. The summed E-state index contributed by atoms with van der Waals surface area (Å²) >= 11 is 0. The Morgan fingerprint density at radius 2 is 1.62 bits per heavy atom. The number of carbonyl (C=O) groups is 1. The fourth-order valence-electron chi connectivity index (χ4n) is 2.82. The first-order valence-corrected chi connectivity index (χ1v) is 7.39. The molecule has 1 N–H and O–H groups in total. The Hall–Kier alpha value is -3.47. The third-order valence-electron chi connectivity index (χ3n) is 3.95. The second kappa shape index (κ2) is 5.31. The van der Waals surface area contributed by atoms with E-state index in [2.05, 4.69) is 4.98 Å². The van der Waals surface area contributed by atoms with E-state index in [-0.39, 0.29) is 5.56 Å². The molecule has 4 aromatic rings. The molecule has 5 heteroatoms. The van der Waals surface area contributed by atoms with Gasteiger partial charge in [0, 0.05) is 5.39 Å². The number of carboxylic acid groups (broad SMARTS) is 1. The van der Waals surface area contributed by atoms with Crippen molar-refractivity contribution in [3.63, 3.8) is 0 Å². The summed E-state index contributed by atoms with van der Waals surface area (Å²) < 4.78 is 1.35. The highest BCUT2D eigenvalue weighted by Gasteiger charge is 2.16. The molecule has 0 bridgehead atoms. The zero-order chi connectivity index (χ0) is 16.7.